The van der Waals surface area contributed by atoms with E-state index in [0.717, 1.165) is 12.2 Å². The normalized spacial score (nSPS) is 11.9. The van der Waals surface area contributed by atoms with Crippen molar-refractivity contribution >= 4 is 5.91 Å². The van der Waals surface area contributed by atoms with E-state index < -0.39 is 0 Å². The van der Waals surface area contributed by atoms with Crippen molar-refractivity contribution in [2.75, 3.05) is 13.1 Å². The first-order valence-corrected chi connectivity index (χ1v) is 5.91. The van der Waals surface area contributed by atoms with Crippen molar-refractivity contribution < 1.29 is 9.53 Å². The summed E-state index contributed by atoms with van der Waals surface area (Å²) >= 11 is 0. The van der Waals surface area contributed by atoms with Gasteiger partial charge in [-0.05, 0) is 32.0 Å². The fraction of sp³-hybridized carbons (Fsp3) is 0.462. The molecule has 0 saturated carbocycles. The van der Waals surface area contributed by atoms with E-state index in [1.165, 1.54) is 0 Å². The van der Waals surface area contributed by atoms with E-state index in [-0.39, 0.29) is 12.0 Å². The SMILES string of the molecule is CC(CNC(=O)CCCN)Oc1ccccc1. The van der Waals surface area contributed by atoms with Crippen molar-refractivity contribution in [2.24, 2.45) is 5.73 Å². The summed E-state index contributed by atoms with van der Waals surface area (Å²) in [5.41, 5.74) is 5.33. The van der Waals surface area contributed by atoms with Crippen LogP contribution in [0.4, 0.5) is 0 Å². The molecule has 3 N–H and O–H groups in total. The smallest absolute Gasteiger partial charge is 0.220 e. The second-order valence-corrected chi connectivity index (χ2v) is 3.94. The van der Waals surface area contributed by atoms with E-state index in [1.54, 1.807) is 0 Å². The lowest BCUT2D eigenvalue weighted by molar-refractivity contribution is -0.121. The Morgan fingerprint density at radius 2 is 2.12 bits per heavy atom. The molecule has 1 amide bonds. The fourth-order valence-corrected chi connectivity index (χ4v) is 1.38. The third kappa shape index (κ3) is 5.92. The standard InChI is InChI=1S/C13H20N2O2/c1-11(10-15-13(16)8-5-9-14)17-12-6-3-2-4-7-12/h2-4,6-7,11H,5,8-10,14H2,1H3,(H,15,16). The van der Waals surface area contributed by atoms with Gasteiger partial charge in [-0.15, -0.1) is 0 Å². The molecule has 0 aromatic heterocycles. The first-order valence-electron chi connectivity index (χ1n) is 5.91. The van der Waals surface area contributed by atoms with Gasteiger partial charge in [0.2, 0.25) is 5.91 Å². The van der Waals surface area contributed by atoms with Gasteiger partial charge in [-0.3, -0.25) is 4.79 Å². The highest BCUT2D eigenvalue weighted by Gasteiger charge is 2.06. The summed E-state index contributed by atoms with van der Waals surface area (Å²) in [4.78, 5) is 11.3. The van der Waals surface area contributed by atoms with E-state index in [4.69, 9.17) is 10.5 Å². The Morgan fingerprint density at radius 1 is 1.41 bits per heavy atom. The summed E-state index contributed by atoms with van der Waals surface area (Å²) in [6, 6.07) is 9.56. The van der Waals surface area contributed by atoms with Crippen LogP contribution >= 0.6 is 0 Å². The van der Waals surface area contributed by atoms with Gasteiger partial charge in [0.1, 0.15) is 11.9 Å². The van der Waals surface area contributed by atoms with Crippen molar-refractivity contribution in [1.29, 1.82) is 0 Å². The molecule has 0 fully saturated rings. The highest BCUT2D eigenvalue weighted by Crippen LogP contribution is 2.10. The molecule has 0 aliphatic carbocycles. The van der Waals surface area contributed by atoms with Crippen molar-refractivity contribution in [3.63, 3.8) is 0 Å². The van der Waals surface area contributed by atoms with Gasteiger partial charge in [-0.1, -0.05) is 18.2 Å². The highest BCUT2D eigenvalue weighted by molar-refractivity contribution is 5.75. The van der Waals surface area contributed by atoms with Crippen molar-refractivity contribution in [2.45, 2.75) is 25.9 Å². The molecule has 0 aliphatic heterocycles. The third-order valence-electron chi connectivity index (χ3n) is 2.28. The number of para-hydroxylation sites is 1. The molecule has 4 heteroatoms. The number of hydrogen-bond donors (Lipinski definition) is 2. The van der Waals surface area contributed by atoms with Crippen molar-refractivity contribution in [1.82, 2.24) is 5.32 Å². The molecule has 0 spiro atoms. The van der Waals surface area contributed by atoms with Gasteiger partial charge >= 0.3 is 0 Å². The van der Waals surface area contributed by atoms with E-state index >= 15 is 0 Å². The quantitative estimate of drug-likeness (QED) is 0.750. The number of benzene rings is 1. The average Bonchev–Trinajstić information content (AvgIpc) is 2.35. The topological polar surface area (TPSA) is 64.4 Å². The van der Waals surface area contributed by atoms with Crippen LogP contribution in [0.25, 0.3) is 0 Å². The zero-order valence-electron chi connectivity index (χ0n) is 10.2. The Morgan fingerprint density at radius 3 is 2.76 bits per heavy atom. The predicted octanol–water partition coefficient (Wildman–Crippen LogP) is 1.31. The van der Waals surface area contributed by atoms with Gasteiger partial charge in [0.25, 0.3) is 0 Å². The lowest BCUT2D eigenvalue weighted by Crippen LogP contribution is -2.33. The zero-order chi connectivity index (χ0) is 12.5. The summed E-state index contributed by atoms with van der Waals surface area (Å²) < 4.78 is 5.63. The van der Waals surface area contributed by atoms with Crippen LogP contribution < -0.4 is 15.8 Å². The molecular weight excluding hydrogens is 216 g/mol. The number of rotatable bonds is 7. The van der Waals surface area contributed by atoms with Crippen molar-refractivity contribution in [3.05, 3.63) is 30.3 Å². The van der Waals surface area contributed by atoms with E-state index in [0.29, 0.717) is 19.5 Å². The fourth-order valence-electron chi connectivity index (χ4n) is 1.38. The van der Waals surface area contributed by atoms with Crippen LogP contribution in [0.2, 0.25) is 0 Å². The first kappa shape index (κ1) is 13.5. The largest absolute Gasteiger partial charge is 0.489 e. The monoisotopic (exact) mass is 236 g/mol. The molecule has 1 atom stereocenters. The number of nitrogens with two attached hydrogens (primary N) is 1. The summed E-state index contributed by atoms with van der Waals surface area (Å²) in [5, 5.41) is 2.82. The maximum atomic E-state index is 11.3. The molecule has 0 heterocycles. The molecule has 94 valence electrons. The minimum Gasteiger partial charge on any atom is -0.489 e. The molecule has 1 aromatic rings. The molecule has 0 saturated heterocycles. The van der Waals surface area contributed by atoms with E-state index in [1.807, 2.05) is 37.3 Å². The van der Waals surface area contributed by atoms with Crippen LogP contribution in [-0.4, -0.2) is 25.1 Å². The minimum absolute atomic E-state index is 0.0268. The van der Waals surface area contributed by atoms with Gasteiger partial charge < -0.3 is 15.8 Å². The van der Waals surface area contributed by atoms with Crippen LogP contribution in [0.15, 0.2) is 30.3 Å². The Labute approximate surface area is 102 Å². The summed E-state index contributed by atoms with van der Waals surface area (Å²) in [6.07, 6.45) is 1.16. The number of carbonyl (C=O) groups is 1. The van der Waals surface area contributed by atoms with Gasteiger partial charge in [-0.2, -0.15) is 0 Å². The number of ether oxygens (including phenoxy) is 1. The van der Waals surface area contributed by atoms with Crippen LogP contribution in [-0.2, 0) is 4.79 Å². The molecule has 1 unspecified atom stereocenters. The maximum absolute atomic E-state index is 11.3. The van der Waals surface area contributed by atoms with Crippen LogP contribution in [0, 0.1) is 0 Å². The highest BCUT2D eigenvalue weighted by atomic mass is 16.5. The molecule has 0 aliphatic rings. The maximum Gasteiger partial charge on any atom is 0.220 e. The van der Waals surface area contributed by atoms with Crippen LogP contribution in [0.1, 0.15) is 19.8 Å². The second-order valence-electron chi connectivity index (χ2n) is 3.94. The van der Waals surface area contributed by atoms with Gasteiger partial charge in [0, 0.05) is 6.42 Å². The minimum atomic E-state index is -0.0424. The van der Waals surface area contributed by atoms with Crippen LogP contribution in [0.3, 0.4) is 0 Å². The Kier molecular flexibility index (Phi) is 6.10. The molecule has 4 nitrogen and oxygen atoms in total. The molecule has 0 bridgehead atoms. The Bertz CT molecular complexity index is 327. The van der Waals surface area contributed by atoms with Crippen molar-refractivity contribution in [3.8, 4) is 5.75 Å². The summed E-state index contributed by atoms with van der Waals surface area (Å²) in [5.74, 6) is 0.843. The van der Waals surface area contributed by atoms with E-state index in [2.05, 4.69) is 5.32 Å². The first-order chi connectivity index (χ1) is 8.22. The molecular formula is C13H20N2O2. The Hall–Kier alpha value is -1.55. The van der Waals surface area contributed by atoms with Gasteiger partial charge in [0.15, 0.2) is 0 Å². The van der Waals surface area contributed by atoms with Gasteiger partial charge in [0.05, 0.1) is 6.54 Å². The predicted molar refractivity (Wildman–Crippen MR) is 67.8 cm³/mol. The van der Waals surface area contributed by atoms with Crippen LogP contribution in [0.5, 0.6) is 5.75 Å². The Balaban J connectivity index is 2.21. The average molecular weight is 236 g/mol. The second kappa shape index (κ2) is 7.68. The van der Waals surface area contributed by atoms with E-state index in [9.17, 15) is 4.79 Å². The molecule has 0 radical (unpaired) electrons. The molecule has 17 heavy (non-hydrogen) atoms. The number of nitrogens with one attached hydrogen (secondary N) is 1. The summed E-state index contributed by atoms with van der Waals surface area (Å²) in [6.45, 7) is 2.98. The molecule has 1 rings (SSSR count). The summed E-state index contributed by atoms with van der Waals surface area (Å²) in [7, 11) is 0. The number of amides is 1. The molecule has 1 aromatic carbocycles. The van der Waals surface area contributed by atoms with Gasteiger partial charge in [-0.25, -0.2) is 0 Å². The lowest BCUT2D eigenvalue weighted by Gasteiger charge is -2.15. The third-order valence-corrected chi connectivity index (χ3v) is 2.28. The zero-order valence-corrected chi connectivity index (χ0v) is 10.2. The number of hydrogen-bond acceptors (Lipinski definition) is 3. The lowest BCUT2D eigenvalue weighted by atomic mass is 10.3. The number of carbonyl (C=O) groups excluding carboxylic acids is 1.